The van der Waals surface area contributed by atoms with Crippen molar-refractivity contribution >= 4 is 5.97 Å². The normalized spacial score (nSPS) is 15.3. The average Bonchev–Trinajstić information content (AvgIpc) is 2.94. The van der Waals surface area contributed by atoms with Crippen LogP contribution in [0.5, 0.6) is 5.75 Å². The summed E-state index contributed by atoms with van der Waals surface area (Å²) in [4.78, 5) is 10.7. The second-order valence-corrected chi connectivity index (χ2v) is 5.81. The fraction of sp³-hybridized carbons (Fsp3) is 0.250. The third kappa shape index (κ3) is 3.92. The number of carboxylic acid groups (broad SMARTS) is 1. The van der Waals surface area contributed by atoms with Gasteiger partial charge in [-0.1, -0.05) is 29.5 Å². The Morgan fingerprint density at radius 1 is 1.17 bits per heavy atom. The lowest BCUT2D eigenvalue weighted by molar-refractivity contribution is -0.137. The van der Waals surface area contributed by atoms with Crippen LogP contribution in [-0.2, 0) is 11.2 Å². The number of aliphatic carboxylic acids is 1. The van der Waals surface area contributed by atoms with Crippen molar-refractivity contribution in [2.75, 3.05) is 0 Å². The molecule has 1 aliphatic heterocycles. The molecule has 0 bridgehead atoms. The van der Waals surface area contributed by atoms with Gasteiger partial charge < -0.3 is 9.84 Å². The van der Waals surface area contributed by atoms with Crippen molar-refractivity contribution in [2.24, 2.45) is 0 Å². The summed E-state index contributed by atoms with van der Waals surface area (Å²) in [6, 6.07) is 14.0. The SMILES string of the molecule is Cc1ccc(C#Cc2ccc3c(c2)C[C@@H](CCC(=O)O)O3)cc1. The first-order chi connectivity index (χ1) is 11.1. The quantitative estimate of drug-likeness (QED) is 0.882. The molecule has 3 heteroatoms. The van der Waals surface area contributed by atoms with E-state index >= 15 is 0 Å². The van der Waals surface area contributed by atoms with Gasteiger partial charge in [0.2, 0.25) is 0 Å². The summed E-state index contributed by atoms with van der Waals surface area (Å²) in [7, 11) is 0. The molecule has 3 rings (SSSR count). The van der Waals surface area contributed by atoms with Crippen LogP contribution in [-0.4, -0.2) is 17.2 Å². The molecule has 1 N–H and O–H groups in total. The molecule has 116 valence electrons. The molecule has 2 aromatic carbocycles. The third-order valence-electron chi connectivity index (χ3n) is 3.88. The minimum absolute atomic E-state index is 0.0404. The van der Waals surface area contributed by atoms with Gasteiger partial charge in [-0.25, -0.2) is 0 Å². The van der Waals surface area contributed by atoms with E-state index in [9.17, 15) is 4.79 Å². The first kappa shape index (κ1) is 15.2. The largest absolute Gasteiger partial charge is 0.490 e. The van der Waals surface area contributed by atoms with Crippen LogP contribution in [0, 0.1) is 18.8 Å². The Morgan fingerprint density at radius 3 is 2.61 bits per heavy atom. The number of aryl methyl sites for hydroxylation is 1. The molecule has 0 saturated heterocycles. The van der Waals surface area contributed by atoms with E-state index in [0.717, 1.165) is 28.9 Å². The minimum Gasteiger partial charge on any atom is -0.490 e. The highest BCUT2D eigenvalue weighted by atomic mass is 16.5. The molecule has 0 radical (unpaired) electrons. The standard InChI is InChI=1S/C20H18O3/c1-14-2-4-15(5-3-14)6-7-16-8-10-19-17(12-16)13-18(23-19)9-11-20(21)22/h2-5,8,10,12,18H,9,11,13H2,1H3,(H,21,22)/t18-/m1/s1. The number of hydrogen-bond acceptors (Lipinski definition) is 2. The molecule has 2 aromatic rings. The Balaban J connectivity index is 1.70. The molecular weight excluding hydrogens is 288 g/mol. The van der Waals surface area contributed by atoms with E-state index < -0.39 is 5.97 Å². The minimum atomic E-state index is -0.783. The molecule has 1 heterocycles. The monoisotopic (exact) mass is 306 g/mol. The zero-order valence-corrected chi connectivity index (χ0v) is 13.0. The first-order valence-corrected chi connectivity index (χ1v) is 7.70. The average molecular weight is 306 g/mol. The highest BCUT2D eigenvalue weighted by Gasteiger charge is 2.23. The number of fused-ring (bicyclic) bond motifs is 1. The Labute approximate surface area is 135 Å². The van der Waals surface area contributed by atoms with Gasteiger partial charge in [0.05, 0.1) is 0 Å². The van der Waals surface area contributed by atoms with Crippen molar-refractivity contribution in [1.82, 2.24) is 0 Å². The lowest BCUT2D eigenvalue weighted by Crippen LogP contribution is -2.14. The Hall–Kier alpha value is -2.73. The summed E-state index contributed by atoms with van der Waals surface area (Å²) in [5, 5.41) is 8.76. The van der Waals surface area contributed by atoms with Gasteiger partial charge in [0.15, 0.2) is 0 Å². The van der Waals surface area contributed by atoms with Gasteiger partial charge in [-0.2, -0.15) is 0 Å². The van der Waals surface area contributed by atoms with Crippen molar-refractivity contribution in [3.63, 3.8) is 0 Å². The van der Waals surface area contributed by atoms with Crippen LogP contribution in [0.15, 0.2) is 42.5 Å². The highest BCUT2D eigenvalue weighted by molar-refractivity contribution is 5.66. The molecule has 0 aliphatic carbocycles. The molecule has 0 aromatic heterocycles. The van der Waals surface area contributed by atoms with E-state index in [1.165, 1.54) is 5.56 Å². The van der Waals surface area contributed by atoms with Gasteiger partial charge in [-0.15, -0.1) is 0 Å². The number of hydrogen-bond donors (Lipinski definition) is 1. The number of carboxylic acids is 1. The zero-order chi connectivity index (χ0) is 16.2. The fourth-order valence-electron chi connectivity index (χ4n) is 2.62. The van der Waals surface area contributed by atoms with Crippen LogP contribution in [0.2, 0.25) is 0 Å². The number of ether oxygens (including phenoxy) is 1. The molecule has 0 amide bonds. The number of benzene rings is 2. The smallest absolute Gasteiger partial charge is 0.303 e. The van der Waals surface area contributed by atoms with E-state index in [0.29, 0.717) is 6.42 Å². The summed E-state index contributed by atoms with van der Waals surface area (Å²) >= 11 is 0. The van der Waals surface area contributed by atoms with Gasteiger partial charge in [0.25, 0.3) is 0 Å². The maximum Gasteiger partial charge on any atom is 0.303 e. The van der Waals surface area contributed by atoms with E-state index in [1.807, 2.05) is 42.5 Å². The van der Waals surface area contributed by atoms with Crippen LogP contribution in [0.3, 0.4) is 0 Å². The summed E-state index contributed by atoms with van der Waals surface area (Å²) in [5.74, 6) is 6.40. The molecule has 23 heavy (non-hydrogen) atoms. The molecule has 1 aliphatic rings. The third-order valence-corrected chi connectivity index (χ3v) is 3.88. The predicted molar refractivity (Wildman–Crippen MR) is 88.6 cm³/mol. The summed E-state index contributed by atoms with van der Waals surface area (Å²) < 4.78 is 5.78. The fourth-order valence-corrected chi connectivity index (χ4v) is 2.62. The maximum absolute atomic E-state index is 10.7. The second-order valence-electron chi connectivity index (χ2n) is 5.81. The van der Waals surface area contributed by atoms with Crippen LogP contribution < -0.4 is 4.74 Å². The molecule has 3 nitrogen and oxygen atoms in total. The van der Waals surface area contributed by atoms with Crippen molar-refractivity contribution in [2.45, 2.75) is 32.3 Å². The van der Waals surface area contributed by atoms with Crippen molar-refractivity contribution < 1.29 is 14.6 Å². The zero-order valence-electron chi connectivity index (χ0n) is 13.0. The Bertz CT molecular complexity index is 779. The van der Waals surface area contributed by atoms with Gasteiger partial charge >= 0.3 is 5.97 Å². The number of rotatable bonds is 3. The molecule has 1 atom stereocenters. The van der Waals surface area contributed by atoms with E-state index in [2.05, 4.69) is 18.8 Å². The molecule has 0 unspecified atom stereocenters. The Morgan fingerprint density at radius 2 is 1.87 bits per heavy atom. The summed E-state index contributed by atoms with van der Waals surface area (Å²) in [6.07, 6.45) is 1.39. The second kappa shape index (κ2) is 6.58. The van der Waals surface area contributed by atoms with Gasteiger partial charge in [0, 0.05) is 24.0 Å². The van der Waals surface area contributed by atoms with Gasteiger partial charge in [-0.05, 0) is 49.2 Å². The van der Waals surface area contributed by atoms with Crippen molar-refractivity contribution in [1.29, 1.82) is 0 Å². The molecular formula is C20H18O3. The predicted octanol–water partition coefficient (Wildman–Crippen LogP) is 3.56. The summed E-state index contributed by atoms with van der Waals surface area (Å²) in [5.41, 5.74) is 4.27. The van der Waals surface area contributed by atoms with Gasteiger partial charge in [0.1, 0.15) is 11.9 Å². The van der Waals surface area contributed by atoms with E-state index in [1.54, 1.807) is 0 Å². The van der Waals surface area contributed by atoms with Crippen molar-refractivity contribution in [3.05, 3.63) is 64.7 Å². The summed E-state index contributed by atoms with van der Waals surface area (Å²) in [6.45, 7) is 2.05. The van der Waals surface area contributed by atoms with Crippen LogP contribution >= 0.6 is 0 Å². The lowest BCUT2D eigenvalue weighted by Gasteiger charge is -2.07. The molecule has 0 fully saturated rings. The molecule has 0 saturated carbocycles. The maximum atomic E-state index is 10.7. The van der Waals surface area contributed by atoms with E-state index in [-0.39, 0.29) is 12.5 Å². The topological polar surface area (TPSA) is 46.5 Å². The van der Waals surface area contributed by atoms with Crippen LogP contribution in [0.25, 0.3) is 0 Å². The molecule has 0 spiro atoms. The van der Waals surface area contributed by atoms with Crippen LogP contribution in [0.1, 0.15) is 35.1 Å². The lowest BCUT2D eigenvalue weighted by atomic mass is 10.0. The Kier molecular flexibility index (Phi) is 4.34. The number of carbonyl (C=O) groups is 1. The highest BCUT2D eigenvalue weighted by Crippen LogP contribution is 2.31. The van der Waals surface area contributed by atoms with E-state index in [4.69, 9.17) is 9.84 Å². The van der Waals surface area contributed by atoms with Gasteiger partial charge in [-0.3, -0.25) is 4.79 Å². The van der Waals surface area contributed by atoms with Crippen LogP contribution in [0.4, 0.5) is 0 Å². The first-order valence-electron chi connectivity index (χ1n) is 7.70. The van der Waals surface area contributed by atoms with Crippen molar-refractivity contribution in [3.8, 4) is 17.6 Å².